The number of aliphatic imine (C=N–C) groups is 1. The van der Waals surface area contributed by atoms with E-state index >= 15 is 0 Å². The molecule has 17 nitrogen and oxygen atoms in total. The maximum Gasteiger partial charge on any atom is 0.125 e. The van der Waals surface area contributed by atoms with Crippen LogP contribution in [0.15, 0.2) is 203 Å². The van der Waals surface area contributed by atoms with Crippen LogP contribution in [0.5, 0.6) is 0 Å². The van der Waals surface area contributed by atoms with Crippen molar-refractivity contribution in [3.8, 4) is 0 Å². The number of allylic oxidation sites excluding steroid dienone is 2. The summed E-state index contributed by atoms with van der Waals surface area (Å²) in [5.74, 6) is 11.6. The molecule has 548 valence electrons. The van der Waals surface area contributed by atoms with Gasteiger partial charge in [-0.15, -0.1) is 0 Å². The molecule has 0 atom stereocenters. The number of nitrogens with zero attached hydrogens (tertiary/aromatic N) is 1. The maximum atomic E-state index is 3.78. The number of rotatable bonds is 0. The van der Waals surface area contributed by atoms with Crippen molar-refractivity contribution in [2.75, 3.05) is 6.54 Å². The van der Waals surface area contributed by atoms with Gasteiger partial charge in [0.1, 0.15) is 29.1 Å². The van der Waals surface area contributed by atoms with Crippen molar-refractivity contribution in [1.29, 1.82) is 0 Å². The lowest BCUT2D eigenvalue weighted by Crippen LogP contribution is -2.40. The Morgan fingerprint density at radius 1 is 0.308 bits per heavy atom. The van der Waals surface area contributed by atoms with Gasteiger partial charge in [0.2, 0.25) is 0 Å². The third kappa shape index (κ3) is 162. The molecule has 0 radical (unpaired) electrons. The molecule has 0 aromatic rings. The Kier molecular flexibility index (Phi) is 130. The van der Waals surface area contributed by atoms with Crippen LogP contribution >= 0.6 is 0 Å². The van der Waals surface area contributed by atoms with Crippen molar-refractivity contribution in [3.05, 3.63) is 198 Å². The van der Waals surface area contributed by atoms with Crippen LogP contribution in [-0.4, -0.2) is 12.9 Å². The maximum absolute atomic E-state index is 3.78. The van der Waals surface area contributed by atoms with Crippen LogP contribution in [0, 0.1) is 41.4 Å². The second-order valence-corrected chi connectivity index (χ2v) is 22.5. The molecule has 16 N–H and O–H groups in total. The first-order valence-corrected chi connectivity index (χ1v) is 27.4. The van der Waals surface area contributed by atoms with Crippen molar-refractivity contribution in [3.63, 3.8) is 0 Å². The van der Waals surface area contributed by atoms with Crippen LogP contribution in [0.4, 0.5) is 0 Å². The van der Waals surface area contributed by atoms with Crippen LogP contribution in [0.2, 0.25) is 0 Å². The highest BCUT2D eigenvalue weighted by atomic mass is 15.6. The summed E-state index contributed by atoms with van der Waals surface area (Å²) in [5, 5.41) is 31.4. The van der Waals surface area contributed by atoms with Crippen molar-refractivity contribution in [2.45, 2.75) is 234 Å². The van der Waals surface area contributed by atoms with Gasteiger partial charge in [-0.25, -0.2) is 10.4 Å². The summed E-state index contributed by atoms with van der Waals surface area (Å²) >= 11 is 0. The van der Waals surface area contributed by atoms with E-state index in [0.717, 1.165) is 100 Å². The van der Waals surface area contributed by atoms with E-state index in [1.807, 2.05) is 12.2 Å². The molecule has 3 fully saturated rings. The van der Waals surface area contributed by atoms with E-state index in [9.17, 15) is 0 Å². The van der Waals surface area contributed by atoms with Gasteiger partial charge in [0.15, 0.2) is 0 Å². The molecule has 0 spiro atoms. The highest BCUT2D eigenvalue weighted by molar-refractivity contribution is 5.60. The minimum absolute atomic E-state index is 0. The lowest BCUT2D eigenvalue weighted by molar-refractivity contribution is 0.602. The largest absolute Gasteiger partial charge is 0.349 e. The van der Waals surface area contributed by atoms with Crippen LogP contribution in [0.1, 0.15) is 234 Å². The van der Waals surface area contributed by atoms with Gasteiger partial charge in [0.25, 0.3) is 0 Å². The highest BCUT2D eigenvalue weighted by Crippen LogP contribution is 2.09. The Bertz CT molecular complexity index is 1660. The molecular weight excluding hydrogens is 1130 g/mol. The summed E-state index contributed by atoms with van der Waals surface area (Å²) in [4.78, 5) is 3.78. The summed E-state index contributed by atoms with van der Waals surface area (Å²) in [5.41, 5.74) is 18.4. The first kappa shape index (κ1) is 133. The van der Waals surface area contributed by atoms with E-state index in [0.29, 0.717) is 29.1 Å². The Hall–Kier alpha value is -7.37. The van der Waals surface area contributed by atoms with Crippen LogP contribution in [0.25, 0.3) is 0 Å². The van der Waals surface area contributed by atoms with Gasteiger partial charge in [-0.2, -0.15) is 5.53 Å². The Labute approximate surface area is 573 Å². The lowest BCUT2D eigenvalue weighted by Gasteiger charge is -2.23. The molecule has 0 aromatic heterocycles. The van der Waals surface area contributed by atoms with Gasteiger partial charge in [0, 0.05) is 59.7 Å². The zero-order valence-corrected chi connectivity index (χ0v) is 54.6. The van der Waals surface area contributed by atoms with Crippen molar-refractivity contribution in [1.82, 2.24) is 85.7 Å². The van der Waals surface area contributed by atoms with Crippen LogP contribution in [0.3, 0.4) is 0 Å². The molecule has 17 heteroatoms. The van der Waals surface area contributed by atoms with Gasteiger partial charge < -0.3 is 74.8 Å². The highest BCUT2D eigenvalue weighted by Gasteiger charge is 2.06. The Balaban J connectivity index is -0.0000000395. The molecule has 7 aliphatic heterocycles. The Morgan fingerprint density at radius 2 is 0.604 bits per heavy atom. The number of hydrogen-bond donors (Lipinski definition) is 16. The first-order valence-electron chi connectivity index (χ1n) is 27.4. The van der Waals surface area contributed by atoms with Crippen molar-refractivity contribution >= 4 is 6.34 Å². The average molecular weight is 1300 g/mol. The molecule has 7 heterocycles. The van der Waals surface area contributed by atoms with Gasteiger partial charge in [-0.1, -0.05) is 313 Å². The molecule has 7 aliphatic rings. The van der Waals surface area contributed by atoms with E-state index in [4.69, 9.17) is 0 Å². The monoisotopic (exact) mass is 1290 g/mol. The number of hydrogen-bond acceptors (Lipinski definition) is 17. The predicted octanol–water partition coefficient (Wildman–Crippen LogP) is 20.1. The minimum atomic E-state index is 0. The zero-order valence-electron chi connectivity index (χ0n) is 54.6. The SMILES string of the molecule is C.C.C.C.C.C.C.C.C.C.C.C=C1C=CNC(=C)N1.C=C1C=CNN1.C=C1CC(=C)NC(=C)N1.C=C1CNNN1.C=C1N=CNC(=C)N1.C=C1NC(=C)NC(=C)N1.C=C1NC=CN1.CC(C)C.CC(C)C.CC(C)C.CC(C)C.CC(C)C.CC(C)C.CC(C)C. The minimum Gasteiger partial charge on any atom is -0.349 e. The fraction of sp³-hybridized carbons (Fsp3) is 0.554. The second kappa shape index (κ2) is 89.1. The summed E-state index contributed by atoms with van der Waals surface area (Å²) < 4.78 is 0. The van der Waals surface area contributed by atoms with E-state index in [1.165, 1.54) is 0 Å². The quantitative estimate of drug-likeness (QED) is 0.109. The molecule has 0 amide bonds. The fourth-order valence-electron chi connectivity index (χ4n) is 3.36. The van der Waals surface area contributed by atoms with Gasteiger partial charge in [0.05, 0.1) is 30.3 Å². The van der Waals surface area contributed by atoms with E-state index < -0.39 is 0 Å². The molecule has 0 bridgehead atoms. The third-order valence-corrected chi connectivity index (χ3v) is 5.42. The van der Waals surface area contributed by atoms with Crippen LogP contribution in [-0.2, 0) is 0 Å². The van der Waals surface area contributed by atoms with E-state index in [1.54, 1.807) is 31.1 Å². The van der Waals surface area contributed by atoms with Gasteiger partial charge >= 0.3 is 0 Å². The van der Waals surface area contributed by atoms with E-state index in [-0.39, 0.29) is 81.7 Å². The average Bonchev–Trinajstić information content (AvgIpc) is 4.05. The zero-order chi connectivity index (χ0) is 63.9. The molecule has 91 heavy (non-hydrogen) atoms. The fourth-order valence-corrected chi connectivity index (χ4v) is 3.36. The topological polar surface area (TPSA) is 205 Å². The number of nitrogens with one attached hydrogen (secondary N) is 16. The summed E-state index contributed by atoms with van der Waals surface area (Å²) in [6, 6.07) is 0. The smallest absolute Gasteiger partial charge is 0.125 e. The summed E-state index contributed by atoms with van der Waals surface area (Å²) in [7, 11) is 0. The molecule has 0 saturated carbocycles. The normalized spacial score (nSPS) is 13.1. The standard InChI is InChI=1S/C7H10N2.C6H9N3.C6H8N2.C5H7N3.2C4H6N2.7C4H10.C3H7N3.11CH4/c1-5-4-6(2)9-7(3)8-5;1-4-7-5(2)9-6(3)8-4;1-5-3-4-7-6(2)8-5;1-4-6-3-7-5(2)8-4;1-4-5-2-3-6-4;1-4-2-3-5-6-4;7*1-4(2)3;1-3-2-4-6-5-3;;;;;;;;;;;/h8-9H,1-4H2;7-9H,1-3H2;3-4,7-8H,1-2H2;3,8H,1-2H2,(H,6,7);2*2-3,5-6H,1H2;7*4H,1-3H3;4-6H,1-2H2;11*1H4. The van der Waals surface area contributed by atoms with Crippen LogP contribution < -0.4 is 85.7 Å². The molecule has 0 aliphatic carbocycles. The molecule has 7 rings (SSSR count). The molecule has 0 aromatic carbocycles. The predicted molar refractivity (Wildman–Crippen MR) is 432 cm³/mol. The summed E-state index contributed by atoms with van der Waals surface area (Å²) in [6.45, 7) is 93.6. The van der Waals surface area contributed by atoms with E-state index in [2.05, 4.69) is 322 Å². The molecular formula is C74H167N17. The Morgan fingerprint density at radius 3 is 0.758 bits per heavy atom. The molecule has 3 saturated heterocycles. The second-order valence-electron chi connectivity index (χ2n) is 22.5. The van der Waals surface area contributed by atoms with Crippen molar-refractivity contribution < 1.29 is 0 Å². The first-order chi connectivity index (χ1) is 36.7. The van der Waals surface area contributed by atoms with Gasteiger partial charge in [-0.3, -0.25) is 0 Å². The third-order valence-electron chi connectivity index (χ3n) is 5.42. The number of hydrazine groups is 3. The molecule has 0 unspecified atom stereocenters. The van der Waals surface area contributed by atoms with Crippen molar-refractivity contribution in [2.24, 2.45) is 46.4 Å². The lowest BCUT2D eigenvalue weighted by atomic mass is 10.2. The summed E-state index contributed by atoms with van der Waals surface area (Å²) in [6.07, 6.45) is 13.2. The van der Waals surface area contributed by atoms with Gasteiger partial charge in [-0.05, 0) is 53.6 Å².